The highest BCUT2D eigenvalue weighted by Gasteiger charge is 2.13. The first-order chi connectivity index (χ1) is 8.70. The fourth-order valence-electron chi connectivity index (χ4n) is 1.69. The number of methoxy groups -OCH3 is 1. The number of pyridine rings is 1. The highest BCUT2D eigenvalue weighted by molar-refractivity contribution is 6.30. The third-order valence-corrected chi connectivity index (χ3v) is 2.75. The van der Waals surface area contributed by atoms with Gasteiger partial charge in [0.25, 0.3) is 0 Å². The van der Waals surface area contributed by atoms with Gasteiger partial charge in [-0.05, 0) is 29.8 Å². The number of rotatable bonds is 4. The first-order valence-electron chi connectivity index (χ1n) is 5.47. The summed E-state index contributed by atoms with van der Waals surface area (Å²) in [5.74, 6) is 0.312. The standard InChI is InChI=1S/C14H12ClNO2/c1-18-14-12(6-3-7-16-14)13(17)9-10-4-2-5-11(15)8-10/h2-8H,9H2,1H3. The van der Waals surface area contributed by atoms with Crippen LogP contribution in [0.5, 0.6) is 5.88 Å². The van der Waals surface area contributed by atoms with Crippen molar-refractivity contribution >= 4 is 17.4 Å². The molecule has 2 aromatic rings. The SMILES string of the molecule is COc1ncccc1C(=O)Cc1cccc(Cl)c1. The number of Topliss-reactive ketones (excluding diaryl/α,β-unsaturated/α-hetero) is 1. The largest absolute Gasteiger partial charge is 0.480 e. The van der Waals surface area contributed by atoms with Crippen LogP contribution < -0.4 is 4.74 Å². The fourth-order valence-corrected chi connectivity index (χ4v) is 1.91. The minimum absolute atomic E-state index is 0.0396. The van der Waals surface area contributed by atoms with Crippen molar-refractivity contribution in [3.63, 3.8) is 0 Å². The normalized spacial score (nSPS) is 10.1. The number of carbonyl (C=O) groups is 1. The molecule has 0 amide bonds. The molecule has 4 heteroatoms. The first-order valence-corrected chi connectivity index (χ1v) is 5.85. The second kappa shape index (κ2) is 5.65. The van der Waals surface area contributed by atoms with Crippen molar-refractivity contribution < 1.29 is 9.53 Å². The van der Waals surface area contributed by atoms with Crippen molar-refractivity contribution in [1.82, 2.24) is 4.98 Å². The highest BCUT2D eigenvalue weighted by Crippen LogP contribution is 2.18. The molecule has 0 aliphatic heterocycles. The average molecular weight is 262 g/mol. The molecule has 0 fully saturated rings. The number of carbonyl (C=O) groups excluding carboxylic acids is 1. The minimum Gasteiger partial charge on any atom is -0.480 e. The predicted molar refractivity (Wildman–Crippen MR) is 70.3 cm³/mol. The molecule has 1 heterocycles. The Labute approximate surface area is 110 Å². The highest BCUT2D eigenvalue weighted by atomic mass is 35.5. The first kappa shape index (κ1) is 12.6. The van der Waals surface area contributed by atoms with Crippen LogP contribution in [0.25, 0.3) is 0 Å². The van der Waals surface area contributed by atoms with Crippen LogP contribution >= 0.6 is 11.6 Å². The van der Waals surface area contributed by atoms with Crippen molar-refractivity contribution in [3.05, 3.63) is 58.7 Å². The third-order valence-electron chi connectivity index (χ3n) is 2.52. The molecule has 0 atom stereocenters. The van der Waals surface area contributed by atoms with Gasteiger partial charge in [0.1, 0.15) is 0 Å². The molecule has 1 aromatic heterocycles. The maximum Gasteiger partial charge on any atom is 0.224 e. The van der Waals surface area contributed by atoms with Gasteiger partial charge in [0.2, 0.25) is 5.88 Å². The summed E-state index contributed by atoms with van der Waals surface area (Å²) < 4.78 is 5.07. The Kier molecular flexibility index (Phi) is 3.95. The van der Waals surface area contributed by atoms with E-state index in [0.717, 1.165) is 5.56 Å². The molecular weight excluding hydrogens is 250 g/mol. The number of benzene rings is 1. The van der Waals surface area contributed by atoms with Gasteiger partial charge in [-0.1, -0.05) is 23.7 Å². The summed E-state index contributed by atoms with van der Waals surface area (Å²) in [6.45, 7) is 0. The smallest absolute Gasteiger partial charge is 0.224 e. The fraction of sp³-hybridized carbons (Fsp3) is 0.143. The molecule has 92 valence electrons. The van der Waals surface area contributed by atoms with Crippen LogP contribution in [-0.4, -0.2) is 17.9 Å². The van der Waals surface area contributed by atoms with E-state index < -0.39 is 0 Å². The zero-order valence-electron chi connectivity index (χ0n) is 9.89. The van der Waals surface area contributed by atoms with E-state index in [2.05, 4.69) is 4.98 Å². The number of hydrogen-bond donors (Lipinski definition) is 0. The summed E-state index contributed by atoms with van der Waals surface area (Å²) in [5.41, 5.74) is 1.36. The van der Waals surface area contributed by atoms with Crippen LogP contribution in [0.15, 0.2) is 42.6 Å². The van der Waals surface area contributed by atoms with E-state index in [1.165, 1.54) is 7.11 Å². The van der Waals surface area contributed by atoms with E-state index in [4.69, 9.17) is 16.3 Å². The number of hydrogen-bond acceptors (Lipinski definition) is 3. The average Bonchev–Trinajstić information content (AvgIpc) is 2.38. The number of nitrogens with zero attached hydrogens (tertiary/aromatic N) is 1. The molecule has 2 rings (SSSR count). The summed E-state index contributed by atoms with van der Waals surface area (Å²) in [7, 11) is 1.50. The lowest BCUT2D eigenvalue weighted by atomic mass is 10.0. The molecule has 0 aliphatic rings. The Morgan fingerprint density at radius 1 is 1.33 bits per heavy atom. The van der Waals surface area contributed by atoms with E-state index >= 15 is 0 Å². The van der Waals surface area contributed by atoms with Crippen LogP contribution in [0.2, 0.25) is 5.02 Å². The molecule has 0 spiro atoms. The molecule has 0 radical (unpaired) electrons. The zero-order valence-corrected chi connectivity index (χ0v) is 10.6. The van der Waals surface area contributed by atoms with Crippen molar-refractivity contribution in [2.45, 2.75) is 6.42 Å². The van der Waals surface area contributed by atoms with Crippen LogP contribution in [0.4, 0.5) is 0 Å². The van der Waals surface area contributed by atoms with Crippen molar-refractivity contribution in [2.24, 2.45) is 0 Å². The van der Waals surface area contributed by atoms with Gasteiger partial charge >= 0.3 is 0 Å². The molecule has 0 saturated heterocycles. The summed E-state index contributed by atoms with van der Waals surface area (Å²) in [6.07, 6.45) is 1.87. The molecule has 1 aromatic carbocycles. The molecule has 3 nitrogen and oxygen atoms in total. The van der Waals surface area contributed by atoms with E-state index in [1.54, 1.807) is 30.5 Å². The Morgan fingerprint density at radius 2 is 2.17 bits per heavy atom. The van der Waals surface area contributed by atoms with Gasteiger partial charge in [-0.2, -0.15) is 0 Å². The predicted octanol–water partition coefficient (Wildman–Crippen LogP) is 3.17. The van der Waals surface area contributed by atoms with Crippen LogP contribution in [0.3, 0.4) is 0 Å². The van der Waals surface area contributed by atoms with Gasteiger partial charge in [-0.3, -0.25) is 4.79 Å². The van der Waals surface area contributed by atoms with Gasteiger partial charge in [0.15, 0.2) is 5.78 Å². The van der Waals surface area contributed by atoms with Crippen LogP contribution in [0.1, 0.15) is 15.9 Å². The Morgan fingerprint density at radius 3 is 2.89 bits per heavy atom. The molecule has 18 heavy (non-hydrogen) atoms. The molecule has 0 aliphatic carbocycles. The molecule has 0 unspecified atom stereocenters. The monoisotopic (exact) mass is 261 g/mol. The van der Waals surface area contributed by atoms with Crippen molar-refractivity contribution in [2.75, 3.05) is 7.11 Å². The number of ketones is 1. The molecule has 0 bridgehead atoms. The summed E-state index contributed by atoms with van der Waals surface area (Å²) in [5, 5.41) is 0.624. The Hall–Kier alpha value is -1.87. The second-order valence-corrected chi connectivity index (χ2v) is 4.23. The summed E-state index contributed by atoms with van der Waals surface area (Å²) in [6, 6.07) is 10.7. The van der Waals surface area contributed by atoms with Gasteiger partial charge in [0, 0.05) is 17.6 Å². The van der Waals surface area contributed by atoms with Gasteiger partial charge < -0.3 is 4.74 Å². The van der Waals surface area contributed by atoms with E-state index in [-0.39, 0.29) is 12.2 Å². The summed E-state index contributed by atoms with van der Waals surface area (Å²) in [4.78, 5) is 16.2. The Bertz CT molecular complexity index is 569. The third kappa shape index (κ3) is 2.87. The van der Waals surface area contributed by atoms with Gasteiger partial charge in [0.05, 0.1) is 12.7 Å². The van der Waals surface area contributed by atoms with E-state index in [9.17, 15) is 4.79 Å². The van der Waals surface area contributed by atoms with Gasteiger partial charge in [-0.15, -0.1) is 0 Å². The van der Waals surface area contributed by atoms with Crippen molar-refractivity contribution in [3.8, 4) is 5.88 Å². The van der Waals surface area contributed by atoms with Crippen LogP contribution in [-0.2, 0) is 6.42 Å². The van der Waals surface area contributed by atoms with Gasteiger partial charge in [-0.25, -0.2) is 4.98 Å². The zero-order chi connectivity index (χ0) is 13.0. The summed E-state index contributed by atoms with van der Waals surface area (Å²) >= 11 is 5.88. The molecule has 0 N–H and O–H groups in total. The number of ether oxygens (including phenoxy) is 1. The number of halogens is 1. The maximum absolute atomic E-state index is 12.1. The van der Waals surface area contributed by atoms with E-state index in [0.29, 0.717) is 16.5 Å². The van der Waals surface area contributed by atoms with Crippen molar-refractivity contribution in [1.29, 1.82) is 0 Å². The lowest BCUT2D eigenvalue weighted by Crippen LogP contribution is -2.06. The Balaban J connectivity index is 2.22. The van der Waals surface area contributed by atoms with Crippen LogP contribution in [0, 0.1) is 0 Å². The second-order valence-electron chi connectivity index (χ2n) is 3.79. The topological polar surface area (TPSA) is 39.2 Å². The maximum atomic E-state index is 12.1. The molecular formula is C14H12ClNO2. The quantitative estimate of drug-likeness (QED) is 0.794. The lowest BCUT2D eigenvalue weighted by Gasteiger charge is -2.06. The number of aromatic nitrogens is 1. The van der Waals surface area contributed by atoms with E-state index in [1.807, 2.05) is 12.1 Å². The minimum atomic E-state index is -0.0396. The lowest BCUT2D eigenvalue weighted by molar-refractivity contribution is 0.0989. The molecule has 0 saturated carbocycles.